The molecule has 1 aliphatic rings. The van der Waals surface area contributed by atoms with Gasteiger partial charge >= 0.3 is 0 Å². The van der Waals surface area contributed by atoms with Crippen LogP contribution >= 0.6 is 0 Å². The fourth-order valence-electron chi connectivity index (χ4n) is 1.37. The van der Waals surface area contributed by atoms with E-state index >= 15 is 0 Å². The molecule has 0 atom stereocenters. The summed E-state index contributed by atoms with van der Waals surface area (Å²) in [4.78, 5) is 11.2. The normalized spacial score (nSPS) is 18.0. The number of aliphatic hydroxyl groups is 1. The molecular formula is C11H16O3. The Kier molecular flexibility index (Phi) is 3.74. The topological polar surface area (TPSA) is 46.5 Å². The van der Waals surface area contributed by atoms with Crippen LogP contribution in [-0.4, -0.2) is 17.5 Å². The van der Waals surface area contributed by atoms with Gasteiger partial charge in [0.05, 0.1) is 12.4 Å². The van der Waals surface area contributed by atoms with E-state index in [9.17, 15) is 9.90 Å². The summed E-state index contributed by atoms with van der Waals surface area (Å²) in [6.07, 6.45) is 3.73. The first-order valence-corrected chi connectivity index (χ1v) is 4.91. The van der Waals surface area contributed by atoms with Crippen LogP contribution in [0.4, 0.5) is 0 Å². The number of carbonyl (C=O) groups is 1. The van der Waals surface area contributed by atoms with Crippen LogP contribution < -0.4 is 0 Å². The van der Waals surface area contributed by atoms with Gasteiger partial charge in [-0.3, -0.25) is 4.79 Å². The van der Waals surface area contributed by atoms with Gasteiger partial charge < -0.3 is 9.84 Å². The molecule has 1 aliphatic heterocycles. The highest BCUT2D eigenvalue weighted by atomic mass is 16.5. The largest absolute Gasteiger partial charge is 0.512 e. The van der Waals surface area contributed by atoms with Crippen LogP contribution in [0.25, 0.3) is 0 Å². The van der Waals surface area contributed by atoms with Gasteiger partial charge in [-0.2, -0.15) is 0 Å². The van der Waals surface area contributed by atoms with Crippen LogP contribution in [0.1, 0.15) is 33.1 Å². The summed E-state index contributed by atoms with van der Waals surface area (Å²) in [5.74, 6) is 0.823. The Morgan fingerprint density at radius 2 is 2.36 bits per heavy atom. The molecule has 0 saturated heterocycles. The fourth-order valence-corrected chi connectivity index (χ4v) is 1.37. The van der Waals surface area contributed by atoms with Crippen molar-refractivity contribution in [1.82, 2.24) is 0 Å². The summed E-state index contributed by atoms with van der Waals surface area (Å²) >= 11 is 0. The average Bonchev–Trinajstić information content (AvgIpc) is 2.18. The molecule has 1 N–H and O–H groups in total. The van der Waals surface area contributed by atoms with Gasteiger partial charge in [0.15, 0.2) is 5.78 Å². The number of hydrogen-bond donors (Lipinski definition) is 1. The van der Waals surface area contributed by atoms with E-state index in [4.69, 9.17) is 4.74 Å². The SMILES string of the molecule is CC/C(O)=C\C1=C(C(C)=O)CCCO1. The zero-order valence-corrected chi connectivity index (χ0v) is 8.67. The van der Waals surface area contributed by atoms with E-state index in [1.807, 2.05) is 6.92 Å². The third-order valence-electron chi connectivity index (χ3n) is 2.21. The van der Waals surface area contributed by atoms with Crippen molar-refractivity contribution in [3.63, 3.8) is 0 Å². The summed E-state index contributed by atoms with van der Waals surface area (Å²) in [7, 11) is 0. The van der Waals surface area contributed by atoms with Crippen molar-refractivity contribution in [3.05, 3.63) is 23.2 Å². The van der Waals surface area contributed by atoms with Gasteiger partial charge in [0.2, 0.25) is 0 Å². The summed E-state index contributed by atoms with van der Waals surface area (Å²) in [5, 5.41) is 9.35. The lowest BCUT2D eigenvalue weighted by atomic mass is 10.0. The van der Waals surface area contributed by atoms with Gasteiger partial charge in [0.1, 0.15) is 5.76 Å². The Labute approximate surface area is 84.1 Å². The second-order valence-electron chi connectivity index (χ2n) is 3.34. The Morgan fingerprint density at radius 1 is 1.64 bits per heavy atom. The van der Waals surface area contributed by atoms with E-state index in [1.165, 1.54) is 6.92 Å². The van der Waals surface area contributed by atoms with Crippen LogP contribution in [0, 0.1) is 0 Å². The van der Waals surface area contributed by atoms with Crippen molar-refractivity contribution < 1.29 is 14.6 Å². The van der Waals surface area contributed by atoms with Crippen LogP contribution in [0.3, 0.4) is 0 Å². The first-order valence-electron chi connectivity index (χ1n) is 4.91. The minimum Gasteiger partial charge on any atom is -0.512 e. The van der Waals surface area contributed by atoms with Crippen molar-refractivity contribution >= 4 is 5.78 Å². The molecule has 78 valence electrons. The van der Waals surface area contributed by atoms with Crippen molar-refractivity contribution in [1.29, 1.82) is 0 Å². The minimum absolute atomic E-state index is 0.0276. The van der Waals surface area contributed by atoms with Gasteiger partial charge in [-0.15, -0.1) is 0 Å². The Bertz CT molecular complexity index is 287. The number of rotatable bonds is 3. The number of aliphatic hydroxyl groups excluding tert-OH is 1. The van der Waals surface area contributed by atoms with E-state index in [2.05, 4.69) is 0 Å². The molecule has 0 radical (unpaired) electrons. The predicted octanol–water partition coefficient (Wildman–Crippen LogP) is 2.49. The average molecular weight is 196 g/mol. The zero-order valence-electron chi connectivity index (χ0n) is 8.67. The summed E-state index contributed by atoms with van der Waals surface area (Å²) in [5.41, 5.74) is 0.691. The minimum atomic E-state index is 0.0276. The zero-order chi connectivity index (χ0) is 10.6. The Hall–Kier alpha value is -1.25. The van der Waals surface area contributed by atoms with Gasteiger partial charge in [-0.05, 0) is 19.8 Å². The highest BCUT2D eigenvalue weighted by Gasteiger charge is 2.16. The number of ether oxygens (including phenoxy) is 1. The summed E-state index contributed by atoms with van der Waals surface area (Å²) in [6, 6.07) is 0. The number of hydrogen-bond acceptors (Lipinski definition) is 3. The standard InChI is InChI=1S/C11H16O3/c1-3-9(13)7-11-10(8(2)12)5-4-6-14-11/h7,13H,3-6H2,1-2H3/b9-7+. The first-order chi connectivity index (χ1) is 6.65. The molecule has 0 bridgehead atoms. The lowest BCUT2D eigenvalue weighted by molar-refractivity contribution is -0.114. The molecule has 0 spiro atoms. The lowest BCUT2D eigenvalue weighted by Gasteiger charge is -2.17. The van der Waals surface area contributed by atoms with Crippen LogP contribution in [-0.2, 0) is 9.53 Å². The Morgan fingerprint density at radius 3 is 2.93 bits per heavy atom. The van der Waals surface area contributed by atoms with E-state index in [0.29, 0.717) is 24.4 Å². The number of carbonyl (C=O) groups excluding carboxylic acids is 1. The molecule has 14 heavy (non-hydrogen) atoms. The van der Waals surface area contributed by atoms with Crippen molar-refractivity contribution in [2.45, 2.75) is 33.1 Å². The predicted molar refractivity (Wildman–Crippen MR) is 53.9 cm³/mol. The molecule has 0 aromatic rings. The third kappa shape index (κ3) is 2.62. The maximum atomic E-state index is 11.2. The summed E-state index contributed by atoms with van der Waals surface area (Å²) < 4.78 is 5.35. The monoisotopic (exact) mass is 196 g/mol. The molecule has 3 nitrogen and oxygen atoms in total. The number of Topliss-reactive ketones (excluding diaryl/α,β-unsaturated/α-hetero) is 1. The molecule has 0 aromatic heterocycles. The molecule has 0 fully saturated rings. The molecule has 0 amide bonds. The maximum absolute atomic E-state index is 11.2. The van der Waals surface area contributed by atoms with Crippen LogP contribution in [0.15, 0.2) is 23.2 Å². The third-order valence-corrected chi connectivity index (χ3v) is 2.21. The van der Waals surface area contributed by atoms with Gasteiger partial charge in [0, 0.05) is 18.1 Å². The quantitative estimate of drug-likeness (QED) is 0.705. The first kappa shape index (κ1) is 10.8. The van der Waals surface area contributed by atoms with Crippen LogP contribution in [0.5, 0.6) is 0 Å². The number of allylic oxidation sites excluding steroid dienone is 3. The van der Waals surface area contributed by atoms with E-state index < -0.39 is 0 Å². The Balaban J connectivity index is 2.94. The fraction of sp³-hybridized carbons (Fsp3) is 0.545. The second kappa shape index (κ2) is 4.84. The molecule has 0 saturated carbocycles. The molecule has 1 heterocycles. The molecule has 0 aromatic carbocycles. The van der Waals surface area contributed by atoms with Crippen molar-refractivity contribution in [2.24, 2.45) is 0 Å². The lowest BCUT2D eigenvalue weighted by Crippen LogP contribution is -2.11. The maximum Gasteiger partial charge on any atom is 0.159 e. The molecule has 3 heteroatoms. The van der Waals surface area contributed by atoms with E-state index in [-0.39, 0.29) is 11.5 Å². The molecule has 0 unspecified atom stereocenters. The highest BCUT2D eigenvalue weighted by molar-refractivity contribution is 5.94. The second-order valence-corrected chi connectivity index (χ2v) is 3.34. The van der Waals surface area contributed by atoms with Gasteiger partial charge in [-0.25, -0.2) is 0 Å². The van der Waals surface area contributed by atoms with Gasteiger partial charge in [0.25, 0.3) is 0 Å². The van der Waals surface area contributed by atoms with Crippen molar-refractivity contribution in [2.75, 3.05) is 6.61 Å². The summed E-state index contributed by atoms with van der Waals surface area (Å²) in [6.45, 7) is 4.00. The molecular weight excluding hydrogens is 180 g/mol. The van der Waals surface area contributed by atoms with E-state index in [0.717, 1.165) is 12.8 Å². The van der Waals surface area contributed by atoms with Gasteiger partial charge in [-0.1, -0.05) is 6.92 Å². The van der Waals surface area contributed by atoms with Crippen molar-refractivity contribution in [3.8, 4) is 0 Å². The molecule has 1 rings (SSSR count). The van der Waals surface area contributed by atoms with E-state index in [1.54, 1.807) is 6.08 Å². The van der Waals surface area contributed by atoms with Crippen LogP contribution in [0.2, 0.25) is 0 Å². The highest BCUT2D eigenvalue weighted by Crippen LogP contribution is 2.21. The number of ketones is 1. The molecule has 0 aliphatic carbocycles. The smallest absolute Gasteiger partial charge is 0.159 e.